The zero-order valence-corrected chi connectivity index (χ0v) is 8.63. The van der Waals surface area contributed by atoms with Crippen LogP contribution in [0, 0.1) is 5.21 Å². The van der Waals surface area contributed by atoms with Crippen LogP contribution in [0.25, 0.3) is 0 Å². The van der Waals surface area contributed by atoms with Crippen LogP contribution in [-0.2, 0) is 6.42 Å². The van der Waals surface area contributed by atoms with Gasteiger partial charge in [-0.1, -0.05) is 18.2 Å². The van der Waals surface area contributed by atoms with E-state index in [9.17, 15) is 5.21 Å². The summed E-state index contributed by atoms with van der Waals surface area (Å²) in [5.74, 6) is 0. The molecular formula is C13H10N2O. The van der Waals surface area contributed by atoms with Crippen LogP contribution in [0.15, 0.2) is 42.7 Å². The average molecular weight is 210 g/mol. The third-order valence-corrected chi connectivity index (χ3v) is 2.82. The molecule has 3 nitrogen and oxygen atoms in total. The van der Waals surface area contributed by atoms with Crippen LogP contribution in [0.5, 0.6) is 0 Å². The first kappa shape index (κ1) is 9.09. The highest BCUT2D eigenvalue weighted by atomic mass is 16.5. The molecule has 1 aromatic carbocycles. The molecule has 1 aromatic heterocycles. The second-order valence-corrected chi connectivity index (χ2v) is 3.83. The summed E-state index contributed by atoms with van der Waals surface area (Å²) >= 11 is 0. The highest BCUT2D eigenvalue weighted by molar-refractivity contribution is 5.80. The summed E-state index contributed by atoms with van der Waals surface area (Å²) < 4.78 is 0.897. The number of rotatable bonds is 0. The van der Waals surface area contributed by atoms with E-state index < -0.39 is 0 Å². The standard InChI is InChI=1S/C13H10N2O/c16-15-9-12-4-2-1-3-10(12)7-11-5-6-14-8-13(11)15/h1-6,8-9H,7H2. The summed E-state index contributed by atoms with van der Waals surface area (Å²) in [5, 5.41) is 11.9. The van der Waals surface area contributed by atoms with E-state index in [0.29, 0.717) is 5.69 Å². The molecule has 1 aliphatic heterocycles. The summed E-state index contributed by atoms with van der Waals surface area (Å²) in [5.41, 5.74) is 3.81. The number of hydrogen-bond acceptors (Lipinski definition) is 2. The third-order valence-electron chi connectivity index (χ3n) is 2.82. The fraction of sp³-hybridized carbons (Fsp3) is 0.0769. The van der Waals surface area contributed by atoms with E-state index in [1.165, 1.54) is 5.56 Å². The van der Waals surface area contributed by atoms with Crippen molar-refractivity contribution >= 4 is 11.9 Å². The lowest BCUT2D eigenvalue weighted by Crippen LogP contribution is -1.98. The van der Waals surface area contributed by atoms with Crippen LogP contribution >= 0.6 is 0 Å². The summed E-state index contributed by atoms with van der Waals surface area (Å²) in [4.78, 5) is 3.99. The molecule has 2 heterocycles. The minimum absolute atomic E-state index is 0.638. The first-order chi connectivity index (χ1) is 7.84. The Morgan fingerprint density at radius 2 is 2.00 bits per heavy atom. The molecule has 3 heteroatoms. The van der Waals surface area contributed by atoms with Gasteiger partial charge in [0.05, 0.1) is 6.20 Å². The van der Waals surface area contributed by atoms with E-state index in [4.69, 9.17) is 0 Å². The second kappa shape index (κ2) is 3.45. The van der Waals surface area contributed by atoms with Crippen LogP contribution in [0.3, 0.4) is 0 Å². The topological polar surface area (TPSA) is 39.0 Å². The minimum atomic E-state index is 0.638. The van der Waals surface area contributed by atoms with Crippen molar-refractivity contribution < 1.29 is 4.74 Å². The molecule has 0 atom stereocenters. The second-order valence-electron chi connectivity index (χ2n) is 3.83. The molecule has 0 bridgehead atoms. The molecule has 1 aliphatic rings. The summed E-state index contributed by atoms with van der Waals surface area (Å²) in [6, 6.07) is 9.84. The minimum Gasteiger partial charge on any atom is -0.618 e. The molecule has 0 unspecified atom stereocenters. The SMILES string of the molecule is [O-][N+]1=Cc2ccccc2Cc2ccncc21. The fourth-order valence-corrected chi connectivity index (χ4v) is 1.99. The molecule has 16 heavy (non-hydrogen) atoms. The number of benzene rings is 1. The van der Waals surface area contributed by atoms with E-state index in [1.54, 1.807) is 18.6 Å². The Labute approximate surface area is 93.3 Å². The van der Waals surface area contributed by atoms with Crippen LogP contribution in [0.2, 0.25) is 0 Å². The van der Waals surface area contributed by atoms with Crippen LogP contribution in [0.4, 0.5) is 5.69 Å². The first-order valence-electron chi connectivity index (χ1n) is 5.16. The zero-order valence-electron chi connectivity index (χ0n) is 8.63. The number of pyridine rings is 1. The molecule has 2 aromatic rings. The van der Waals surface area contributed by atoms with E-state index in [2.05, 4.69) is 11.1 Å². The van der Waals surface area contributed by atoms with Crippen molar-refractivity contribution in [2.45, 2.75) is 6.42 Å². The van der Waals surface area contributed by atoms with Crippen molar-refractivity contribution in [1.82, 2.24) is 4.98 Å². The molecule has 0 radical (unpaired) electrons. The van der Waals surface area contributed by atoms with Crippen molar-refractivity contribution in [2.24, 2.45) is 0 Å². The van der Waals surface area contributed by atoms with Gasteiger partial charge >= 0.3 is 0 Å². The Morgan fingerprint density at radius 3 is 2.94 bits per heavy atom. The molecule has 3 rings (SSSR count). The fourth-order valence-electron chi connectivity index (χ4n) is 1.99. The van der Waals surface area contributed by atoms with Gasteiger partial charge < -0.3 is 5.21 Å². The Kier molecular flexibility index (Phi) is 1.96. The Hall–Kier alpha value is -2.16. The molecule has 78 valence electrons. The van der Waals surface area contributed by atoms with Gasteiger partial charge in [-0.15, -0.1) is 0 Å². The van der Waals surface area contributed by atoms with E-state index >= 15 is 0 Å². The molecular weight excluding hydrogens is 200 g/mol. The highest BCUT2D eigenvalue weighted by Crippen LogP contribution is 2.24. The molecule has 0 spiro atoms. The predicted octanol–water partition coefficient (Wildman–Crippen LogP) is 2.25. The van der Waals surface area contributed by atoms with Gasteiger partial charge in [0.1, 0.15) is 0 Å². The predicted molar refractivity (Wildman–Crippen MR) is 61.9 cm³/mol. The Morgan fingerprint density at radius 1 is 1.12 bits per heavy atom. The Bertz CT molecular complexity index is 576. The quantitative estimate of drug-likeness (QED) is 0.494. The molecule has 0 amide bonds. The maximum absolute atomic E-state index is 11.9. The first-order valence-corrected chi connectivity index (χ1v) is 5.16. The number of fused-ring (bicyclic) bond motifs is 2. The van der Waals surface area contributed by atoms with Crippen molar-refractivity contribution in [3.05, 3.63) is 64.6 Å². The lowest BCUT2D eigenvalue weighted by molar-refractivity contribution is -0.355. The van der Waals surface area contributed by atoms with Gasteiger partial charge in [-0.25, -0.2) is 0 Å². The number of hydrogen-bond donors (Lipinski definition) is 0. The molecule has 0 saturated carbocycles. The lowest BCUT2D eigenvalue weighted by Gasteiger charge is -2.03. The zero-order chi connectivity index (χ0) is 11.0. The maximum atomic E-state index is 11.9. The summed E-state index contributed by atoms with van der Waals surface area (Å²) in [6.07, 6.45) is 5.73. The third kappa shape index (κ3) is 1.37. The van der Waals surface area contributed by atoms with E-state index in [1.807, 2.05) is 24.3 Å². The maximum Gasteiger partial charge on any atom is 0.238 e. The molecule has 0 aliphatic carbocycles. The van der Waals surface area contributed by atoms with Gasteiger partial charge in [-0.3, -0.25) is 4.98 Å². The number of aromatic nitrogens is 1. The van der Waals surface area contributed by atoms with Crippen LogP contribution in [0.1, 0.15) is 16.7 Å². The van der Waals surface area contributed by atoms with Crippen LogP contribution < -0.4 is 0 Å². The monoisotopic (exact) mass is 210 g/mol. The van der Waals surface area contributed by atoms with Gasteiger partial charge in [-0.2, -0.15) is 4.74 Å². The molecule has 0 fully saturated rings. The van der Waals surface area contributed by atoms with Crippen molar-refractivity contribution in [3.8, 4) is 0 Å². The van der Waals surface area contributed by atoms with Gasteiger partial charge in [0, 0.05) is 23.7 Å². The highest BCUT2D eigenvalue weighted by Gasteiger charge is 2.16. The van der Waals surface area contributed by atoms with Crippen LogP contribution in [-0.4, -0.2) is 15.9 Å². The van der Waals surface area contributed by atoms with Crippen molar-refractivity contribution in [1.29, 1.82) is 0 Å². The van der Waals surface area contributed by atoms with Gasteiger partial charge in [0.2, 0.25) is 5.69 Å². The molecule has 0 N–H and O–H groups in total. The van der Waals surface area contributed by atoms with Crippen molar-refractivity contribution in [2.75, 3.05) is 0 Å². The summed E-state index contributed by atoms with van der Waals surface area (Å²) in [6.45, 7) is 0. The van der Waals surface area contributed by atoms with Gasteiger partial charge in [0.25, 0.3) is 0 Å². The summed E-state index contributed by atoms with van der Waals surface area (Å²) in [7, 11) is 0. The average Bonchev–Trinajstić information content (AvgIpc) is 2.45. The van der Waals surface area contributed by atoms with Crippen molar-refractivity contribution in [3.63, 3.8) is 0 Å². The van der Waals surface area contributed by atoms with Gasteiger partial charge in [-0.05, 0) is 17.7 Å². The largest absolute Gasteiger partial charge is 0.618 e. The van der Waals surface area contributed by atoms with E-state index in [0.717, 1.165) is 22.3 Å². The Balaban J connectivity index is 2.25. The molecule has 0 saturated heterocycles. The smallest absolute Gasteiger partial charge is 0.238 e. The normalized spacial score (nSPS) is 13.4. The number of nitrogens with zero attached hydrogens (tertiary/aromatic N) is 2. The van der Waals surface area contributed by atoms with Gasteiger partial charge in [0.15, 0.2) is 6.21 Å². The van der Waals surface area contributed by atoms with E-state index in [-0.39, 0.29) is 0 Å². The lowest BCUT2D eigenvalue weighted by atomic mass is 10.0.